The van der Waals surface area contributed by atoms with Gasteiger partial charge in [-0.05, 0) is 35.9 Å². The Morgan fingerprint density at radius 1 is 0.879 bits per heavy atom. The van der Waals surface area contributed by atoms with Crippen molar-refractivity contribution in [3.63, 3.8) is 0 Å². The third-order valence-corrected chi connectivity index (χ3v) is 5.52. The number of hydrogen-bond acceptors (Lipinski definition) is 6. The Bertz CT molecular complexity index is 1420. The second-order valence-corrected chi connectivity index (χ2v) is 7.53. The van der Waals surface area contributed by atoms with E-state index in [1.165, 1.54) is 14.0 Å². The number of ketones is 1. The normalized spacial score (nSPS) is 18.4. The highest BCUT2D eigenvalue weighted by Gasteiger charge is 2.35. The van der Waals surface area contributed by atoms with Crippen LogP contribution in [0.1, 0.15) is 35.1 Å². The minimum absolute atomic E-state index is 0.241. The zero-order valence-electron chi connectivity index (χ0n) is 17.9. The number of allylic oxidation sites excluding steroid dienone is 1. The van der Waals surface area contributed by atoms with Crippen molar-refractivity contribution in [3.8, 4) is 0 Å². The van der Waals surface area contributed by atoms with E-state index in [2.05, 4.69) is 5.16 Å². The summed E-state index contributed by atoms with van der Waals surface area (Å²) in [6.45, 7) is 1.35. The second-order valence-electron chi connectivity index (χ2n) is 7.53. The summed E-state index contributed by atoms with van der Waals surface area (Å²) in [5.41, 5.74) is 3.70. The summed E-state index contributed by atoms with van der Waals surface area (Å²) in [5.74, 6) is -0.143. The van der Waals surface area contributed by atoms with Crippen molar-refractivity contribution < 1.29 is 23.6 Å². The standard InChI is InChI=1S/C26H18N2O5/c1-15(29)28-23-10-6-5-8-19(23)22(26(28)31)14-17-12-11-16(33-17)13-21-18-7-3-4-9-20(18)24(25(21)30)27-32-2/h3-14H,1-2H3/b21-13+,22-14+,27-24+. The fourth-order valence-electron chi connectivity index (χ4n) is 4.12. The van der Waals surface area contributed by atoms with Crippen LogP contribution in [0.15, 0.2) is 70.2 Å². The Morgan fingerprint density at radius 2 is 1.48 bits per heavy atom. The number of furan rings is 1. The number of para-hydroxylation sites is 1. The van der Waals surface area contributed by atoms with E-state index in [9.17, 15) is 14.4 Å². The molecule has 5 rings (SSSR count). The van der Waals surface area contributed by atoms with E-state index in [0.29, 0.717) is 39.5 Å². The molecule has 2 heterocycles. The number of carbonyl (C=O) groups excluding carboxylic acids is 3. The van der Waals surface area contributed by atoms with Crippen molar-refractivity contribution in [1.29, 1.82) is 0 Å². The van der Waals surface area contributed by atoms with Gasteiger partial charge < -0.3 is 9.25 Å². The predicted molar refractivity (Wildman–Crippen MR) is 124 cm³/mol. The van der Waals surface area contributed by atoms with E-state index >= 15 is 0 Å². The first kappa shape index (κ1) is 20.4. The number of oxime groups is 1. The molecule has 0 saturated heterocycles. The zero-order valence-corrected chi connectivity index (χ0v) is 17.9. The molecule has 0 unspecified atom stereocenters. The van der Waals surface area contributed by atoms with Crippen molar-refractivity contribution in [3.05, 3.63) is 88.9 Å². The summed E-state index contributed by atoms with van der Waals surface area (Å²) in [5, 5.41) is 3.88. The van der Waals surface area contributed by atoms with E-state index < -0.39 is 5.91 Å². The maximum absolute atomic E-state index is 12.9. The number of nitrogens with zero attached hydrogens (tertiary/aromatic N) is 2. The molecule has 0 fully saturated rings. The molecule has 0 radical (unpaired) electrons. The van der Waals surface area contributed by atoms with Crippen LogP contribution in [0.3, 0.4) is 0 Å². The molecule has 162 valence electrons. The molecule has 7 heteroatoms. The Hall–Kier alpha value is -4.52. The van der Waals surface area contributed by atoms with Crippen molar-refractivity contribution in [2.24, 2.45) is 5.16 Å². The molecule has 2 aliphatic rings. The number of benzene rings is 2. The number of hydrogen-bond donors (Lipinski definition) is 0. The summed E-state index contributed by atoms with van der Waals surface area (Å²) in [4.78, 5) is 43.8. The van der Waals surface area contributed by atoms with E-state index in [1.807, 2.05) is 30.3 Å². The first-order chi connectivity index (χ1) is 16.0. The lowest BCUT2D eigenvalue weighted by Gasteiger charge is -2.11. The third kappa shape index (κ3) is 3.30. The van der Waals surface area contributed by atoms with Gasteiger partial charge in [-0.25, -0.2) is 4.90 Å². The van der Waals surface area contributed by atoms with E-state index in [0.717, 1.165) is 10.5 Å². The van der Waals surface area contributed by atoms with E-state index in [-0.39, 0.29) is 17.4 Å². The summed E-state index contributed by atoms with van der Waals surface area (Å²) >= 11 is 0. The molecule has 0 bridgehead atoms. The van der Waals surface area contributed by atoms with Gasteiger partial charge in [0.1, 0.15) is 18.6 Å². The Balaban J connectivity index is 1.53. The molecule has 0 spiro atoms. The van der Waals surface area contributed by atoms with Crippen LogP contribution in [-0.2, 0) is 19.2 Å². The van der Waals surface area contributed by atoms with Crippen LogP contribution in [0, 0.1) is 0 Å². The van der Waals surface area contributed by atoms with Gasteiger partial charge in [-0.1, -0.05) is 47.6 Å². The van der Waals surface area contributed by atoms with Gasteiger partial charge in [0.05, 0.1) is 11.3 Å². The molecule has 2 aromatic carbocycles. The quantitative estimate of drug-likeness (QED) is 0.452. The molecule has 2 amide bonds. The highest BCUT2D eigenvalue weighted by atomic mass is 16.6. The van der Waals surface area contributed by atoms with Gasteiger partial charge in [0, 0.05) is 23.6 Å². The fourth-order valence-corrected chi connectivity index (χ4v) is 4.12. The smallest absolute Gasteiger partial charge is 0.265 e. The maximum Gasteiger partial charge on any atom is 0.265 e. The molecule has 3 aromatic rings. The van der Waals surface area contributed by atoms with Crippen LogP contribution in [0.2, 0.25) is 0 Å². The lowest BCUT2D eigenvalue weighted by Crippen LogP contribution is -2.30. The average Bonchev–Trinajstić information content (AvgIpc) is 3.45. The first-order valence-electron chi connectivity index (χ1n) is 10.2. The number of rotatable bonds is 3. The molecule has 1 aliphatic heterocycles. The summed E-state index contributed by atoms with van der Waals surface area (Å²) in [7, 11) is 1.40. The number of anilines is 1. The number of Topliss-reactive ketones (excluding diaryl/α,β-unsaturated/α-hetero) is 1. The lowest BCUT2D eigenvalue weighted by atomic mass is 10.1. The molecular formula is C26H18N2O5. The van der Waals surface area contributed by atoms with Crippen LogP contribution in [0.5, 0.6) is 0 Å². The Morgan fingerprint density at radius 3 is 2.15 bits per heavy atom. The van der Waals surface area contributed by atoms with Gasteiger partial charge in [-0.3, -0.25) is 14.4 Å². The number of amides is 2. The van der Waals surface area contributed by atoms with Crippen LogP contribution in [-0.4, -0.2) is 30.4 Å². The van der Waals surface area contributed by atoms with Crippen LogP contribution < -0.4 is 4.90 Å². The molecule has 0 N–H and O–H groups in total. The maximum atomic E-state index is 12.9. The van der Waals surface area contributed by atoms with Crippen LogP contribution in [0.25, 0.3) is 23.3 Å². The summed E-state index contributed by atoms with van der Waals surface area (Å²) in [6.07, 6.45) is 3.25. The average molecular weight is 438 g/mol. The third-order valence-electron chi connectivity index (χ3n) is 5.52. The van der Waals surface area contributed by atoms with Gasteiger partial charge in [0.25, 0.3) is 5.91 Å². The minimum Gasteiger partial charge on any atom is -0.457 e. The summed E-state index contributed by atoms with van der Waals surface area (Å²) < 4.78 is 5.89. The molecular weight excluding hydrogens is 420 g/mol. The number of carbonyl (C=O) groups is 3. The second kappa shape index (κ2) is 7.87. The van der Waals surface area contributed by atoms with Crippen LogP contribution in [0.4, 0.5) is 5.69 Å². The van der Waals surface area contributed by atoms with Gasteiger partial charge in [0.15, 0.2) is 5.71 Å². The van der Waals surface area contributed by atoms with Crippen molar-refractivity contribution in [2.45, 2.75) is 6.92 Å². The fraction of sp³-hybridized carbons (Fsp3) is 0.0769. The van der Waals surface area contributed by atoms with Gasteiger partial charge >= 0.3 is 0 Å². The molecule has 7 nitrogen and oxygen atoms in total. The largest absolute Gasteiger partial charge is 0.457 e. The van der Waals surface area contributed by atoms with Crippen molar-refractivity contribution in [2.75, 3.05) is 12.0 Å². The van der Waals surface area contributed by atoms with E-state index in [4.69, 9.17) is 9.25 Å². The number of imide groups is 1. The first-order valence-corrected chi connectivity index (χ1v) is 10.2. The topological polar surface area (TPSA) is 89.2 Å². The van der Waals surface area contributed by atoms with Crippen LogP contribution >= 0.6 is 0 Å². The molecule has 1 aromatic heterocycles. The van der Waals surface area contributed by atoms with Crippen molar-refractivity contribution >= 4 is 52.3 Å². The highest BCUT2D eigenvalue weighted by Crippen LogP contribution is 2.38. The highest BCUT2D eigenvalue weighted by molar-refractivity contribution is 6.65. The van der Waals surface area contributed by atoms with Gasteiger partial charge in [-0.2, -0.15) is 0 Å². The molecule has 0 atom stereocenters. The SMILES string of the molecule is CO/N=C1/C(=O)/C(=C/c2ccc(/C=C3/C(=O)N(C(C)=O)c4ccccc43)o2)c2ccccc21. The van der Waals surface area contributed by atoms with Gasteiger partial charge in [0.2, 0.25) is 11.7 Å². The van der Waals surface area contributed by atoms with Crippen molar-refractivity contribution in [1.82, 2.24) is 0 Å². The number of fused-ring (bicyclic) bond motifs is 2. The zero-order chi connectivity index (χ0) is 23.1. The minimum atomic E-state index is -0.402. The molecule has 1 aliphatic carbocycles. The molecule has 0 saturated carbocycles. The predicted octanol–water partition coefficient (Wildman–Crippen LogP) is 4.19. The van der Waals surface area contributed by atoms with E-state index in [1.54, 1.807) is 42.5 Å². The molecule has 33 heavy (non-hydrogen) atoms. The van der Waals surface area contributed by atoms with Gasteiger partial charge in [-0.15, -0.1) is 0 Å². The lowest BCUT2D eigenvalue weighted by molar-refractivity contribution is -0.122. The summed E-state index contributed by atoms with van der Waals surface area (Å²) in [6, 6.07) is 17.9. The Labute approximate surface area is 189 Å². The Kier molecular flexibility index (Phi) is 4.86. The monoisotopic (exact) mass is 438 g/mol.